The topological polar surface area (TPSA) is 77.2 Å². The number of hydrogen-bond donors (Lipinski definition) is 1. The van der Waals surface area contributed by atoms with E-state index >= 15 is 0 Å². The van der Waals surface area contributed by atoms with Crippen molar-refractivity contribution in [3.05, 3.63) is 65.4 Å². The maximum atomic E-state index is 14.4. The van der Waals surface area contributed by atoms with E-state index in [0.29, 0.717) is 36.9 Å². The van der Waals surface area contributed by atoms with Gasteiger partial charge in [0.2, 0.25) is 5.95 Å². The summed E-state index contributed by atoms with van der Waals surface area (Å²) in [4.78, 5) is 17.7. The predicted molar refractivity (Wildman–Crippen MR) is 106 cm³/mol. The quantitative estimate of drug-likeness (QED) is 0.575. The van der Waals surface area contributed by atoms with Gasteiger partial charge in [0, 0.05) is 60.0 Å². The molecule has 4 heterocycles. The van der Waals surface area contributed by atoms with Crippen LogP contribution in [-0.4, -0.2) is 30.9 Å². The molecule has 29 heavy (non-hydrogen) atoms. The number of benzene rings is 1. The average Bonchev–Trinajstić information content (AvgIpc) is 3.34. The van der Waals surface area contributed by atoms with Gasteiger partial charge < -0.3 is 10.1 Å². The van der Waals surface area contributed by atoms with E-state index in [1.807, 2.05) is 24.4 Å². The number of nitrogens with one attached hydrogen (secondary N) is 1. The summed E-state index contributed by atoms with van der Waals surface area (Å²) in [5.74, 6) is 1.81. The number of rotatable bonds is 4. The fourth-order valence-electron chi connectivity index (χ4n) is 3.63. The summed E-state index contributed by atoms with van der Waals surface area (Å²) in [6, 6.07) is 3.14. The van der Waals surface area contributed by atoms with Crippen molar-refractivity contribution in [3.8, 4) is 16.9 Å². The van der Waals surface area contributed by atoms with Gasteiger partial charge in [-0.25, -0.2) is 24.3 Å². The first-order valence-electron chi connectivity index (χ1n) is 9.41. The minimum Gasteiger partial charge on any atom is -0.493 e. The molecule has 0 spiro atoms. The van der Waals surface area contributed by atoms with Gasteiger partial charge in [-0.15, -0.1) is 0 Å². The molecule has 1 aliphatic rings. The first-order chi connectivity index (χ1) is 14.1. The van der Waals surface area contributed by atoms with Gasteiger partial charge in [0.1, 0.15) is 23.0 Å². The van der Waals surface area contributed by atoms with Gasteiger partial charge in [0.15, 0.2) is 0 Å². The number of halogens is 1. The molecule has 8 heteroatoms. The Morgan fingerprint density at radius 2 is 1.97 bits per heavy atom. The monoisotopic (exact) mass is 390 g/mol. The molecule has 0 amide bonds. The Kier molecular flexibility index (Phi) is 4.12. The maximum Gasteiger partial charge on any atom is 0.208 e. The Hall–Kier alpha value is -3.55. The highest BCUT2D eigenvalue weighted by molar-refractivity contribution is 5.77. The first kappa shape index (κ1) is 17.5. The van der Waals surface area contributed by atoms with Gasteiger partial charge in [-0.05, 0) is 26.0 Å². The lowest BCUT2D eigenvalue weighted by Gasteiger charge is -2.13. The van der Waals surface area contributed by atoms with Gasteiger partial charge in [0.25, 0.3) is 0 Å². The normalized spacial score (nSPS) is 12.8. The van der Waals surface area contributed by atoms with Gasteiger partial charge in [0.05, 0.1) is 12.3 Å². The van der Waals surface area contributed by atoms with E-state index < -0.39 is 0 Å². The Labute approximate surface area is 166 Å². The first-order valence-corrected chi connectivity index (χ1v) is 9.41. The second-order valence-electron chi connectivity index (χ2n) is 7.04. The molecule has 0 aliphatic carbocycles. The molecular weight excluding hydrogens is 371 g/mol. The van der Waals surface area contributed by atoms with Crippen LogP contribution in [-0.2, 0) is 13.0 Å². The lowest BCUT2D eigenvalue weighted by Crippen LogP contribution is -2.09. The fourth-order valence-corrected chi connectivity index (χ4v) is 3.63. The van der Waals surface area contributed by atoms with E-state index in [1.54, 1.807) is 24.7 Å². The number of imidazole rings is 1. The molecule has 1 N–H and O–H groups in total. The van der Waals surface area contributed by atoms with E-state index in [-0.39, 0.29) is 5.82 Å². The van der Waals surface area contributed by atoms with Crippen molar-refractivity contribution in [3.63, 3.8) is 0 Å². The zero-order valence-electron chi connectivity index (χ0n) is 16.1. The van der Waals surface area contributed by atoms with Crippen LogP contribution in [0, 0.1) is 19.7 Å². The number of aromatic nitrogens is 5. The van der Waals surface area contributed by atoms with Crippen LogP contribution in [0.2, 0.25) is 0 Å². The summed E-state index contributed by atoms with van der Waals surface area (Å²) >= 11 is 0. The van der Waals surface area contributed by atoms with Crippen molar-refractivity contribution >= 4 is 11.6 Å². The van der Waals surface area contributed by atoms with Crippen molar-refractivity contribution in [2.24, 2.45) is 0 Å². The SMILES string of the molecule is Cc1cn2c(NCc3c(F)ccc4c3CCO4)ncc(-c3cnc(C)nc3)c2n1. The summed E-state index contributed by atoms with van der Waals surface area (Å²) < 4.78 is 21.9. The molecule has 5 rings (SSSR count). The predicted octanol–water partition coefficient (Wildman–Crippen LogP) is 3.49. The number of fused-ring (bicyclic) bond motifs is 2. The largest absolute Gasteiger partial charge is 0.493 e. The minimum atomic E-state index is -0.242. The van der Waals surface area contributed by atoms with Crippen LogP contribution < -0.4 is 10.1 Å². The molecule has 7 nitrogen and oxygen atoms in total. The number of nitrogens with zero attached hydrogens (tertiary/aromatic N) is 5. The molecule has 4 aromatic rings. The Morgan fingerprint density at radius 1 is 1.14 bits per heavy atom. The van der Waals surface area contributed by atoms with Gasteiger partial charge in [-0.1, -0.05) is 0 Å². The third-order valence-electron chi connectivity index (χ3n) is 5.07. The van der Waals surface area contributed by atoms with E-state index in [9.17, 15) is 4.39 Å². The van der Waals surface area contributed by atoms with Crippen molar-refractivity contribution < 1.29 is 9.13 Å². The lowest BCUT2D eigenvalue weighted by atomic mass is 10.0. The Balaban J connectivity index is 1.52. The summed E-state index contributed by atoms with van der Waals surface area (Å²) in [5.41, 5.74) is 4.81. The Bertz CT molecular complexity index is 1220. The third kappa shape index (κ3) is 3.06. The van der Waals surface area contributed by atoms with Crippen LogP contribution in [0.5, 0.6) is 5.75 Å². The smallest absolute Gasteiger partial charge is 0.208 e. The average molecular weight is 390 g/mol. The second kappa shape index (κ2) is 6.80. The highest BCUT2D eigenvalue weighted by atomic mass is 19.1. The molecule has 0 saturated heterocycles. The third-order valence-corrected chi connectivity index (χ3v) is 5.07. The van der Waals surface area contributed by atoms with Gasteiger partial charge >= 0.3 is 0 Å². The van der Waals surface area contributed by atoms with Crippen LogP contribution in [0.1, 0.15) is 22.6 Å². The maximum absolute atomic E-state index is 14.4. The summed E-state index contributed by atoms with van der Waals surface area (Å²) in [6.45, 7) is 4.66. The zero-order valence-corrected chi connectivity index (χ0v) is 16.1. The van der Waals surface area contributed by atoms with E-state index in [2.05, 4.69) is 25.3 Å². The minimum absolute atomic E-state index is 0.242. The van der Waals surface area contributed by atoms with Crippen LogP contribution in [0.3, 0.4) is 0 Å². The van der Waals surface area contributed by atoms with Crippen LogP contribution in [0.15, 0.2) is 36.9 Å². The van der Waals surface area contributed by atoms with Gasteiger partial charge in [-0.2, -0.15) is 0 Å². The summed E-state index contributed by atoms with van der Waals surface area (Å²) in [6.07, 6.45) is 7.88. The highest BCUT2D eigenvalue weighted by Crippen LogP contribution is 2.31. The van der Waals surface area contributed by atoms with Crippen molar-refractivity contribution in [2.45, 2.75) is 26.8 Å². The molecule has 0 atom stereocenters. The lowest BCUT2D eigenvalue weighted by molar-refractivity contribution is 0.356. The van der Waals surface area contributed by atoms with E-state index in [4.69, 9.17) is 4.74 Å². The van der Waals surface area contributed by atoms with Crippen LogP contribution in [0.4, 0.5) is 10.3 Å². The molecule has 0 bridgehead atoms. The second-order valence-corrected chi connectivity index (χ2v) is 7.04. The van der Waals surface area contributed by atoms with Crippen molar-refractivity contribution in [2.75, 3.05) is 11.9 Å². The molecular formula is C21H19FN6O. The van der Waals surface area contributed by atoms with E-state index in [1.165, 1.54) is 6.07 Å². The molecule has 1 aromatic carbocycles. The molecule has 1 aliphatic heterocycles. The molecule has 146 valence electrons. The Morgan fingerprint density at radius 3 is 2.79 bits per heavy atom. The number of hydrogen-bond acceptors (Lipinski definition) is 6. The number of ether oxygens (including phenoxy) is 1. The van der Waals surface area contributed by atoms with Crippen molar-refractivity contribution in [1.82, 2.24) is 24.3 Å². The zero-order chi connectivity index (χ0) is 20.0. The highest BCUT2D eigenvalue weighted by Gasteiger charge is 2.20. The number of anilines is 1. The van der Waals surface area contributed by atoms with Crippen LogP contribution in [0.25, 0.3) is 16.8 Å². The molecule has 3 aromatic heterocycles. The molecule has 0 unspecified atom stereocenters. The van der Waals surface area contributed by atoms with Crippen molar-refractivity contribution in [1.29, 1.82) is 0 Å². The standard InChI is InChI=1S/C21H19FN6O/c1-12-11-28-20(27-12)16(14-7-23-13(2)24-8-14)9-25-21(28)26-10-17-15-5-6-29-19(15)4-3-18(17)22/h3-4,7-9,11H,5-6,10H2,1-2H3,(H,25,26). The number of aryl methyl sites for hydroxylation is 2. The fraction of sp³-hybridized carbons (Fsp3) is 0.238. The van der Waals surface area contributed by atoms with Gasteiger partial charge in [-0.3, -0.25) is 4.40 Å². The molecule has 0 saturated carbocycles. The molecule has 0 fully saturated rings. The molecule has 0 radical (unpaired) electrons. The summed E-state index contributed by atoms with van der Waals surface area (Å²) in [7, 11) is 0. The van der Waals surface area contributed by atoms with E-state index in [0.717, 1.165) is 33.8 Å². The summed E-state index contributed by atoms with van der Waals surface area (Å²) in [5, 5.41) is 3.26. The van der Waals surface area contributed by atoms with Crippen LogP contribution >= 0.6 is 0 Å².